The summed E-state index contributed by atoms with van der Waals surface area (Å²) in [5.74, 6) is -1.07. The minimum Gasteiger partial charge on any atom is -0.375 e. The molecule has 2 heterocycles. The van der Waals surface area contributed by atoms with Crippen LogP contribution in [0.4, 0.5) is 13.2 Å². The number of halogens is 4. The van der Waals surface area contributed by atoms with Gasteiger partial charge >= 0.3 is 15.6 Å². The Bertz CT molecular complexity index is 1350. The molecular formula is C21H20ClF3N2O5S2. The average molecular weight is 537 g/mol. The maximum atomic E-state index is 13.1. The second-order valence-electron chi connectivity index (χ2n) is 8.18. The zero-order chi connectivity index (χ0) is 24.9. The van der Waals surface area contributed by atoms with Crippen LogP contribution in [-0.4, -0.2) is 51.0 Å². The van der Waals surface area contributed by atoms with Crippen molar-refractivity contribution >= 4 is 43.6 Å². The quantitative estimate of drug-likeness (QED) is 0.429. The molecule has 1 fully saturated rings. The third kappa shape index (κ3) is 4.81. The van der Waals surface area contributed by atoms with Crippen molar-refractivity contribution < 1.29 is 34.2 Å². The molecule has 0 spiro atoms. The third-order valence-corrected chi connectivity index (χ3v) is 8.49. The van der Waals surface area contributed by atoms with E-state index in [1.807, 2.05) is 0 Å². The molecule has 34 heavy (non-hydrogen) atoms. The van der Waals surface area contributed by atoms with Crippen LogP contribution in [0.1, 0.15) is 41.1 Å². The molecular weight excluding hydrogens is 517 g/mol. The molecule has 0 N–H and O–H groups in total. The summed E-state index contributed by atoms with van der Waals surface area (Å²) in [5, 5.41) is 0.183. The summed E-state index contributed by atoms with van der Waals surface area (Å²) in [6, 6.07) is 7.73. The van der Waals surface area contributed by atoms with Crippen molar-refractivity contribution in [2.45, 2.75) is 24.3 Å². The van der Waals surface area contributed by atoms with Crippen molar-refractivity contribution in [2.75, 3.05) is 19.3 Å². The number of alkyl halides is 3. The standard InChI is InChI=1S/C21H20ClF3N2O5S2/c1-33(28,29)27-9-6-13(7-10-27)19-16-5-4-15(22)12-17(16)18(32-34(30,31)21(23,24)25)11-14-3-2-8-26-20(14)19/h2-5,8,11-13,19H,6-7,9-10H2,1H3. The SMILES string of the molecule is CS(=O)(=O)N1CCC(C2c3ccc(Cl)cc3C(OS(=O)(=O)C(F)(F)F)=Cc3cccnc32)CC1. The van der Waals surface area contributed by atoms with E-state index >= 15 is 0 Å². The number of hydrogen-bond donors (Lipinski definition) is 0. The van der Waals surface area contributed by atoms with Crippen LogP contribution in [0.15, 0.2) is 36.5 Å². The number of pyridine rings is 1. The molecule has 184 valence electrons. The summed E-state index contributed by atoms with van der Waals surface area (Å²) in [6.45, 7) is 0.564. The van der Waals surface area contributed by atoms with Gasteiger partial charge in [0.25, 0.3) is 0 Å². The molecule has 1 atom stereocenters. The molecule has 0 radical (unpaired) electrons. The van der Waals surface area contributed by atoms with Crippen molar-refractivity contribution in [1.82, 2.24) is 9.29 Å². The van der Waals surface area contributed by atoms with Crippen molar-refractivity contribution in [2.24, 2.45) is 5.92 Å². The van der Waals surface area contributed by atoms with Gasteiger partial charge in [-0.1, -0.05) is 23.7 Å². The summed E-state index contributed by atoms with van der Waals surface area (Å²) >= 11 is 6.13. The van der Waals surface area contributed by atoms with E-state index < -0.39 is 37.3 Å². The van der Waals surface area contributed by atoms with Crippen molar-refractivity contribution in [3.63, 3.8) is 0 Å². The Morgan fingerprint density at radius 3 is 2.41 bits per heavy atom. The predicted molar refractivity (Wildman–Crippen MR) is 121 cm³/mol. The Morgan fingerprint density at radius 2 is 1.79 bits per heavy atom. The van der Waals surface area contributed by atoms with Crippen LogP contribution < -0.4 is 0 Å². The highest BCUT2D eigenvalue weighted by Gasteiger charge is 2.49. The van der Waals surface area contributed by atoms with E-state index in [2.05, 4.69) is 9.17 Å². The zero-order valence-corrected chi connectivity index (χ0v) is 20.2. The molecule has 7 nitrogen and oxygen atoms in total. The van der Waals surface area contributed by atoms with E-state index in [9.17, 15) is 30.0 Å². The van der Waals surface area contributed by atoms with Gasteiger partial charge in [-0.3, -0.25) is 4.98 Å². The third-order valence-electron chi connectivity index (χ3n) is 5.99. The molecule has 2 aliphatic rings. The molecule has 0 saturated carbocycles. The van der Waals surface area contributed by atoms with Gasteiger partial charge in [-0.2, -0.15) is 21.6 Å². The van der Waals surface area contributed by atoms with Crippen molar-refractivity contribution in [3.8, 4) is 0 Å². The van der Waals surface area contributed by atoms with E-state index in [0.717, 1.165) is 6.26 Å². The monoisotopic (exact) mass is 536 g/mol. The van der Waals surface area contributed by atoms with E-state index in [0.29, 0.717) is 29.7 Å². The van der Waals surface area contributed by atoms with Gasteiger partial charge in [-0.05, 0) is 48.6 Å². The van der Waals surface area contributed by atoms with E-state index in [4.69, 9.17) is 11.6 Å². The largest absolute Gasteiger partial charge is 0.534 e. The first kappa shape index (κ1) is 25.0. The number of fused-ring (bicyclic) bond motifs is 2. The lowest BCUT2D eigenvalue weighted by Gasteiger charge is -2.35. The van der Waals surface area contributed by atoms with Crippen molar-refractivity contribution in [1.29, 1.82) is 0 Å². The summed E-state index contributed by atoms with van der Waals surface area (Å²) in [6.07, 6.45) is 4.85. The summed E-state index contributed by atoms with van der Waals surface area (Å²) in [5.41, 5.74) is -4.07. The van der Waals surface area contributed by atoms with E-state index in [1.54, 1.807) is 30.5 Å². The molecule has 1 aromatic carbocycles. The predicted octanol–water partition coefficient (Wildman–Crippen LogP) is 4.22. The maximum Gasteiger partial charge on any atom is 0.534 e. The van der Waals surface area contributed by atoms with Crippen LogP contribution in [0, 0.1) is 5.92 Å². The smallest absolute Gasteiger partial charge is 0.375 e. The Kier molecular flexibility index (Phi) is 6.47. The summed E-state index contributed by atoms with van der Waals surface area (Å²) < 4.78 is 92.9. The number of nitrogens with zero attached hydrogens (tertiary/aromatic N) is 2. The van der Waals surface area contributed by atoms with Gasteiger partial charge in [0.2, 0.25) is 10.0 Å². The number of sulfonamides is 1. The van der Waals surface area contributed by atoms with E-state index in [-0.39, 0.29) is 29.6 Å². The Hall–Kier alpha value is -2.15. The number of benzene rings is 1. The van der Waals surface area contributed by atoms with Gasteiger partial charge in [-0.15, -0.1) is 0 Å². The average Bonchev–Trinajstić information content (AvgIpc) is 2.86. The lowest BCUT2D eigenvalue weighted by atomic mass is 9.76. The minimum absolute atomic E-state index is 0.105. The maximum absolute atomic E-state index is 13.1. The molecule has 1 aliphatic heterocycles. The van der Waals surface area contributed by atoms with Crippen LogP contribution in [-0.2, 0) is 24.3 Å². The molecule has 0 bridgehead atoms. The first-order valence-electron chi connectivity index (χ1n) is 10.2. The molecule has 2 aromatic rings. The lowest BCUT2D eigenvalue weighted by Crippen LogP contribution is -2.39. The van der Waals surface area contributed by atoms with Crippen LogP contribution in [0.2, 0.25) is 5.02 Å². The summed E-state index contributed by atoms with van der Waals surface area (Å²) in [7, 11) is -9.30. The lowest BCUT2D eigenvalue weighted by molar-refractivity contribution is -0.0509. The van der Waals surface area contributed by atoms with Gasteiger partial charge < -0.3 is 4.18 Å². The fourth-order valence-corrected chi connectivity index (χ4v) is 5.96. The molecule has 0 amide bonds. The molecule has 1 saturated heterocycles. The van der Waals surface area contributed by atoms with Gasteiger partial charge in [0.1, 0.15) is 0 Å². The van der Waals surface area contributed by atoms with Crippen LogP contribution in [0.25, 0.3) is 11.8 Å². The highest BCUT2D eigenvalue weighted by molar-refractivity contribution is 7.88. The normalized spacial score (nSPS) is 20.1. The number of rotatable bonds is 4. The number of piperidine rings is 1. The van der Waals surface area contributed by atoms with Gasteiger partial charge in [-0.25, -0.2) is 12.7 Å². The Labute approximate surface area is 200 Å². The van der Waals surface area contributed by atoms with Crippen LogP contribution in [0.5, 0.6) is 0 Å². The van der Waals surface area contributed by atoms with E-state index in [1.165, 1.54) is 16.4 Å². The number of aromatic nitrogens is 1. The fraction of sp³-hybridized carbons (Fsp3) is 0.381. The van der Waals surface area contributed by atoms with Crippen molar-refractivity contribution in [3.05, 3.63) is 63.9 Å². The highest BCUT2D eigenvalue weighted by Crippen LogP contribution is 2.46. The van der Waals surface area contributed by atoms with Gasteiger partial charge in [0, 0.05) is 41.4 Å². The second kappa shape index (κ2) is 8.81. The summed E-state index contributed by atoms with van der Waals surface area (Å²) in [4.78, 5) is 4.47. The zero-order valence-electron chi connectivity index (χ0n) is 17.8. The highest BCUT2D eigenvalue weighted by atomic mass is 35.5. The molecule has 4 rings (SSSR count). The molecule has 1 aromatic heterocycles. The number of hydrogen-bond acceptors (Lipinski definition) is 6. The molecule has 1 aliphatic carbocycles. The Morgan fingerprint density at radius 1 is 1.12 bits per heavy atom. The topological polar surface area (TPSA) is 93.6 Å². The first-order chi connectivity index (χ1) is 15.8. The van der Waals surface area contributed by atoms with Crippen LogP contribution in [0.3, 0.4) is 0 Å². The van der Waals surface area contributed by atoms with Gasteiger partial charge in [0.15, 0.2) is 5.76 Å². The van der Waals surface area contributed by atoms with Gasteiger partial charge in [0.05, 0.1) is 11.9 Å². The molecule has 13 heteroatoms. The first-order valence-corrected chi connectivity index (χ1v) is 13.8. The fourth-order valence-electron chi connectivity index (χ4n) is 4.44. The Balaban J connectivity index is 1.84. The molecule has 1 unspecified atom stereocenters. The second-order valence-corrected chi connectivity index (χ2v) is 12.1. The minimum atomic E-state index is -5.94. The van der Waals surface area contributed by atoms with Crippen LogP contribution >= 0.6 is 11.6 Å².